The zero-order chi connectivity index (χ0) is 22.5. The number of sulfonamides is 1. The van der Waals surface area contributed by atoms with Crippen molar-refractivity contribution in [1.82, 2.24) is 4.31 Å². The molecule has 0 heterocycles. The second-order valence-electron chi connectivity index (χ2n) is 6.68. The van der Waals surface area contributed by atoms with Gasteiger partial charge in [-0.15, -0.1) is 0 Å². The van der Waals surface area contributed by atoms with Gasteiger partial charge in [0, 0.05) is 37.0 Å². The normalized spacial score (nSPS) is 11.8. The summed E-state index contributed by atoms with van der Waals surface area (Å²) in [5.41, 5.74) is 2.32. The van der Waals surface area contributed by atoms with E-state index in [0.717, 1.165) is 11.1 Å². The summed E-state index contributed by atoms with van der Waals surface area (Å²) in [6.45, 7) is 7.81. The number of hydrogen-bond acceptors (Lipinski definition) is 5. The van der Waals surface area contributed by atoms with E-state index >= 15 is 0 Å². The average molecular weight is 432 g/mol. The summed E-state index contributed by atoms with van der Waals surface area (Å²) in [4.78, 5) is 22.8. The van der Waals surface area contributed by atoms with Crippen LogP contribution in [-0.4, -0.2) is 36.6 Å². The summed E-state index contributed by atoms with van der Waals surface area (Å²) in [5.74, 6) is -0.471. The van der Waals surface area contributed by atoms with Crippen molar-refractivity contribution in [2.24, 2.45) is 0 Å². The maximum absolute atomic E-state index is 12.8. The molecule has 1 N–H and O–H groups in total. The molecule has 1 amide bonds. The van der Waals surface area contributed by atoms with Crippen LogP contribution < -0.4 is 5.32 Å². The molecule has 2 aromatic rings. The van der Waals surface area contributed by atoms with Crippen molar-refractivity contribution in [2.45, 2.75) is 32.6 Å². The number of rotatable bonds is 8. The van der Waals surface area contributed by atoms with Crippen LogP contribution in [0.2, 0.25) is 0 Å². The molecule has 9 heteroatoms. The van der Waals surface area contributed by atoms with Crippen molar-refractivity contribution >= 4 is 33.4 Å². The van der Waals surface area contributed by atoms with Crippen LogP contribution in [-0.2, 0) is 14.8 Å². The lowest BCUT2D eigenvalue weighted by atomic mass is 10.1. The molecule has 0 bridgehead atoms. The molecule has 8 nitrogen and oxygen atoms in total. The van der Waals surface area contributed by atoms with Crippen molar-refractivity contribution in [3.8, 4) is 0 Å². The van der Waals surface area contributed by atoms with E-state index in [9.17, 15) is 23.3 Å². The first-order chi connectivity index (χ1) is 14.1. The minimum Gasteiger partial charge on any atom is -0.322 e. The molecule has 0 radical (unpaired) electrons. The van der Waals surface area contributed by atoms with Gasteiger partial charge in [0.15, 0.2) is 0 Å². The van der Waals surface area contributed by atoms with Crippen LogP contribution in [0.5, 0.6) is 0 Å². The highest BCUT2D eigenvalue weighted by molar-refractivity contribution is 7.89. The predicted molar refractivity (Wildman–Crippen MR) is 117 cm³/mol. The van der Waals surface area contributed by atoms with Crippen molar-refractivity contribution < 1.29 is 18.1 Å². The van der Waals surface area contributed by atoms with Crippen LogP contribution in [0.25, 0.3) is 6.08 Å². The van der Waals surface area contributed by atoms with E-state index < -0.39 is 20.9 Å². The highest BCUT2D eigenvalue weighted by atomic mass is 32.2. The van der Waals surface area contributed by atoms with Gasteiger partial charge in [0.25, 0.3) is 5.69 Å². The number of hydrogen-bond donors (Lipinski definition) is 1. The van der Waals surface area contributed by atoms with Gasteiger partial charge in [-0.3, -0.25) is 14.9 Å². The molecule has 0 aromatic heterocycles. The van der Waals surface area contributed by atoms with E-state index in [4.69, 9.17) is 0 Å². The Morgan fingerprint density at radius 3 is 2.43 bits per heavy atom. The molecule has 0 spiro atoms. The van der Waals surface area contributed by atoms with Crippen molar-refractivity contribution in [3.05, 3.63) is 69.3 Å². The number of nitro groups is 1. The fourth-order valence-corrected chi connectivity index (χ4v) is 4.48. The molecule has 2 aromatic carbocycles. The third kappa shape index (κ3) is 5.31. The van der Waals surface area contributed by atoms with Gasteiger partial charge in [-0.25, -0.2) is 8.42 Å². The van der Waals surface area contributed by atoms with Crippen LogP contribution in [0.15, 0.2) is 47.4 Å². The Balaban J connectivity index is 2.30. The van der Waals surface area contributed by atoms with Crippen LogP contribution in [0.4, 0.5) is 11.4 Å². The molecule has 30 heavy (non-hydrogen) atoms. The second kappa shape index (κ2) is 9.64. The maximum atomic E-state index is 12.8. The third-order valence-electron chi connectivity index (χ3n) is 4.75. The molecule has 160 valence electrons. The Bertz CT molecular complexity index is 1090. The smallest absolute Gasteiger partial charge is 0.270 e. The maximum Gasteiger partial charge on any atom is 0.270 e. The third-order valence-corrected chi connectivity index (χ3v) is 6.78. The Kier molecular flexibility index (Phi) is 7.47. The molecule has 0 aliphatic carbocycles. The van der Waals surface area contributed by atoms with Crippen molar-refractivity contribution in [1.29, 1.82) is 0 Å². The number of benzene rings is 2. The Morgan fingerprint density at radius 2 is 1.83 bits per heavy atom. The number of carbonyl (C=O) groups is 1. The molecule has 0 atom stereocenters. The highest BCUT2D eigenvalue weighted by Crippen LogP contribution is 2.26. The molecule has 0 aliphatic rings. The Hall–Kier alpha value is -3.04. The number of non-ortho nitro benzene ring substituents is 1. The molecular weight excluding hydrogens is 406 g/mol. The molecular formula is C21H25N3O5S. The van der Waals surface area contributed by atoms with Gasteiger partial charge in [0.1, 0.15) is 0 Å². The first kappa shape index (κ1) is 23.2. The predicted octanol–water partition coefficient (Wildman–Crippen LogP) is 3.89. The number of nitrogens with zero attached hydrogens (tertiary/aromatic N) is 2. The minimum atomic E-state index is -3.67. The number of aryl methyl sites for hydroxylation is 1. The zero-order valence-corrected chi connectivity index (χ0v) is 18.2. The van der Waals surface area contributed by atoms with Crippen LogP contribution >= 0.6 is 0 Å². The van der Waals surface area contributed by atoms with Gasteiger partial charge in [-0.2, -0.15) is 4.31 Å². The molecule has 0 aliphatic heterocycles. The summed E-state index contributed by atoms with van der Waals surface area (Å²) in [5, 5.41) is 13.6. The number of anilines is 1. The lowest BCUT2D eigenvalue weighted by molar-refractivity contribution is -0.384. The van der Waals surface area contributed by atoms with Gasteiger partial charge in [0.2, 0.25) is 15.9 Å². The van der Waals surface area contributed by atoms with E-state index in [1.54, 1.807) is 39.8 Å². The summed E-state index contributed by atoms with van der Waals surface area (Å²) in [7, 11) is -3.67. The van der Waals surface area contributed by atoms with E-state index in [-0.39, 0.29) is 10.6 Å². The summed E-state index contributed by atoms with van der Waals surface area (Å²) >= 11 is 0. The van der Waals surface area contributed by atoms with E-state index in [0.29, 0.717) is 24.3 Å². The number of carbonyl (C=O) groups excluding carboxylic acids is 1. The molecule has 2 rings (SSSR count). The highest BCUT2D eigenvalue weighted by Gasteiger charge is 2.23. The van der Waals surface area contributed by atoms with Gasteiger partial charge in [-0.05, 0) is 48.7 Å². The zero-order valence-electron chi connectivity index (χ0n) is 17.4. The quantitative estimate of drug-likeness (QED) is 0.387. The lowest BCUT2D eigenvalue weighted by Crippen LogP contribution is -2.30. The monoisotopic (exact) mass is 431 g/mol. The van der Waals surface area contributed by atoms with Crippen molar-refractivity contribution in [2.75, 3.05) is 18.4 Å². The summed E-state index contributed by atoms with van der Waals surface area (Å²) in [6, 6.07) is 8.95. The second-order valence-corrected chi connectivity index (χ2v) is 8.61. The number of nitro benzene ring substituents is 1. The first-order valence-electron chi connectivity index (χ1n) is 9.45. The lowest BCUT2D eigenvalue weighted by Gasteiger charge is -2.20. The van der Waals surface area contributed by atoms with Crippen molar-refractivity contribution in [3.63, 3.8) is 0 Å². The fourth-order valence-electron chi connectivity index (χ4n) is 2.91. The van der Waals surface area contributed by atoms with Gasteiger partial charge >= 0.3 is 0 Å². The van der Waals surface area contributed by atoms with E-state index in [1.165, 1.54) is 40.7 Å². The molecule has 0 unspecified atom stereocenters. The van der Waals surface area contributed by atoms with Crippen LogP contribution in [0.1, 0.15) is 30.5 Å². The summed E-state index contributed by atoms with van der Waals surface area (Å²) in [6.07, 6.45) is 2.71. The van der Waals surface area contributed by atoms with Crippen LogP contribution in [0, 0.1) is 24.0 Å². The Morgan fingerprint density at radius 1 is 1.17 bits per heavy atom. The molecule has 0 saturated carbocycles. The Labute approximate surface area is 176 Å². The fraction of sp³-hybridized carbons (Fsp3) is 0.286. The standard InChI is InChI=1S/C21H25N3O5S/c1-5-23(6-2)30(28,29)19-12-15(3)16(4)20(14-19)22-21(25)11-10-17-8-7-9-18(13-17)24(26)27/h7-14H,5-6H2,1-4H3,(H,22,25)/b11-10+. The topological polar surface area (TPSA) is 110 Å². The molecule has 0 saturated heterocycles. The first-order valence-corrected chi connectivity index (χ1v) is 10.9. The van der Waals surface area contributed by atoms with E-state index in [1.807, 2.05) is 0 Å². The summed E-state index contributed by atoms with van der Waals surface area (Å²) < 4.78 is 27.0. The minimum absolute atomic E-state index is 0.0710. The number of nitrogens with one attached hydrogen (secondary N) is 1. The van der Waals surface area contributed by atoms with Gasteiger partial charge < -0.3 is 5.32 Å². The SMILES string of the molecule is CCN(CC)S(=O)(=O)c1cc(C)c(C)c(NC(=O)/C=C/c2cccc([N+](=O)[O-])c2)c1. The van der Waals surface area contributed by atoms with Gasteiger partial charge in [-0.1, -0.05) is 26.0 Å². The van der Waals surface area contributed by atoms with E-state index in [2.05, 4.69) is 5.32 Å². The largest absolute Gasteiger partial charge is 0.322 e. The molecule has 0 fully saturated rings. The average Bonchev–Trinajstić information content (AvgIpc) is 2.70. The van der Waals surface area contributed by atoms with Gasteiger partial charge in [0.05, 0.1) is 9.82 Å². The number of amides is 1. The van der Waals surface area contributed by atoms with Crippen LogP contribution in [0.3, 0.4) is 0 Å².